The first-order valence-electron chi connectivity index (χ1n) is 2.88. The summed E-state index contributed by atoms with van der Waals surface area (Å²) in [5.41, 5.74) is 0. The molecule has 2 nitrogen and oxygen atoms in total. The van der Waals surface area contributed by atoms with Gasteiger partial charge >= 0.3 is 5.97 Å². The van der Waals surface area contributed by atoms with E-state index in [0.717, 1.165) is 12.2 Å². The van der Waals surface area contributed by atoms with Crippen LogP contribution in [0.5, 0.6) is 0 Å². The van der Waals surface area contributed by atoms with Crippen molar-refractivity contribution in [3.63, 3.8) is 0 Å². The number of hydrogen-bond acceptors (Lipinski definition) is 2. The Morgan fingerprint density at radius 2 is 2.09 bits per heavy atom. The lowest BCUT2D eigenvalue weighted by Crippen LogP contribution is -2.02. The van der Waals surface area contributed by atoms with E-state index in [1.807, 2.05) is 0 Å². The van der Waals surface area contributed by atoms with Gasteiger partial charge in [0, 0.05) is 6.08 Å². The van der Waals surface area contributed by atoms with Crippen LogP contribution in [0, 0.1) is 0 Å². The number of carbonyl (C=O) groups excluding carboxylic acids is 1. The Balaban J connectivity index is 3.83. The molecule has 0 aromatic carbocycles. The first kappa shape index (κ1) is 11.1. The number of carbonyl (C=O) groups is 1. The molecule has 0 aliphatic carbocycles. The third-order valence-corrected chi connectivity index (χ3v) is 1.07. The molecule has 11 heavy (non-hydrogen) atoms. The molecule has 0 radical (unpaired) electrons. The predicted octanol–water partition coefficient (Wildman–Crippen LogP) is 2.48. The van der Waals surface area contributed by atoms with Crippen molar-refractivity contribution in [2.24, 2.45) is 0 Å². The van der Waals surface area contributed by atoms with Gasteiger partial charge in [0.25, 0.3) is 0 Å². The van der Waals surface area contributed by atoms with Crippen molar-refractivity contribution in [3.8, 4) is 0 Å². The number of rotatable bonds is 2. The van der Waals surface area contributed by atoms with Gasteiger partial charge in [-0.3, -0.25) is 0 Å². The molecule has 5 heteroatoms. The Kier molecular flexibility index (Phi) is 4.89. The maximum atomic E-state index is 10.6. The molecule has 0 aromatic heterocycles. The molecule has 0 aliphatic heterocycles. The lowest BCUT2D eigenvalue weighted by Gasteiger charge is -2.01. The standard InChI is InChI=1S/C6H7Cl3O2/c1-2-11-5(10)3-4-6(7,8)9/h3-4H,2H2,1H3. The fourth-order valence-corrected chi connectivity index (χ4v) is 0.542. The minimum absolute atomic E-state index is 0.309. The second-order valence-electron chi connectivity index (χ2n) is 1.63. The summed E-state index contributed by atoms with van der Waals surface area (Å²) in [5, 5.41) is 0. The summed E-state index contributed by atoms with van der Waals surface area (Å²) in [6, 6.07) is 0. The van der Waals surface area contributed by atoms with Crippen molar-refractivity contribution in [1.82, 2.24) is 0 Å². The highest BCUT2D eigenvalue weighted by molar-refractivity contribution is 6.69. The lowest BCUT2D eigenvalue weighted by atomic mass is 10.5. The molecule has 0 N–H and O–H groups in total. The van der Waals surface area contributed by atoms with Crippen LogP contribution in [0.3, 0.4) is 0 Å². The Labute approximate surface area is 80.1 Å². The topological polar surface area (TPSA) is 26.3 Å². The minimum Gasteiger partial charge on any atom is -0.463 e. The second-order valence-corrected chi connectivity index (χ2v) is 4.00. The number of allylic oxidation sites excluding steroid dienone is 1. The first-order valence-corrected chi connectivity index (χ1v) is 4.02. The van der Waals surface area contributed by atoms with Crippen LogP contribution in [-0.4, -0.2) is 16.4 Å². The van der Waals surface area contributed by atoms with E-state index in [1.165, 1.54) is 0 Å². The van der Waals surface area contributed by atoms with E-state index in [9.17, 15) is 4.79 Å². The van der Waals surface area contributed by atoms with Crippen molar-refractivity contribution in [3.05, 3.63) is 12.2 Å². The molecule has 0 rings (SSSR count). The molecule has 0 saturated carbocycles. The molecule has 0 bridgehead atoms. The zero-order valence-corrected chi connectivity index (χ0v) is 8.08. The van der Waals surface area contributed by atoms with Gasteiger partial charge in [-0.1, -0.05) is 34.8 Å². The molecule has 0 atom stereocenters. The van der Waals surface area contributed by atoms with Gasteiger partial charge in [-0.2, -0.15) is 0 Å². The van der Waals surface area contributed by atoms with E-state index in [2.05, 4.69) is 4.74 Å². The number of ether oxygens (including phenoxy) is 1. The fraction of sp³-hybridized carbons (Fsp3) is 0.500. The number of esters is 1. The summed E-state index contributed by atoms with van der Waals surface area (Å²) < 4.78 is 3.00. The molecule has 64 valence electrons. The van der Waals surface area contributed by atoms with Gasteiger partial charge in [-0.05, 0) is 13.0 Å². The molecular formula is C6H7Cl3O2. The molecule has 0 aliphatic rings. The molecule has 0 aromatic rings. The van der Waals surface area contributed by atoms with E-state index >= 15 is 0 Å². The normalized spacial score (nSPS) is 12.0. The van der Waals surface area contributed by atoms with Gasteiger partial charge in [-0.15, -0.1) is 0 Å². The van der Waals surface area contributed by atoms with E-state index in [0.29, 0.717) is 6.61 Å². The van der Waals surface area contributed by atoms with E-state index in [4.69, 9.17) is 34.8 Å². The third-order valence-electron chi connectivity index (χ3n) is 0.695. The molecular weight excluding hydrogens is 210 g/mol. The molecule has 0 saturated heterocycles. The Bertz CT molecular complexity index is 160. The van der Waals surface area contributed by atoms with Crippen LogP contribution in [0.15, 0.2) is 12.2 Å². The number of halogens is 3. The highest BCUT2D eigenvalue weighted by atomic mass is 35.6. The van der Waals surface area contributed by atoms with E-state index in [1.54, 1.807) is 6.92 Å². The average molecular weight is 217 g/mol. The van der Waals surface area contributed by atoms with Gasteiger partial charge in [0.2, 0.25) is 3.79 Å². The molecule has 0 heterocycles. The average Bonchev–Trinajstić information content (AvgIpc) is 1.83. The predicted molar refractivity (Wildman–Crippen MR) is 46.1 cm³/mol. The van der Waals surface area contributed by atoms with Crippen molar-refractivity contribution in [2.75, 3.05) is 6.61 Å². The Morgan fingerprint density at radius 3 is 2.45 bits per heavy atom. The van der Waals surface area contributed by atoms with Crippen molar-refractivity contribution < 1.29 is 9.53 Å². The van der Waals surface area contributed by atoms with E-state index < -0.39 is 9.76 Å². The summed E-state index contributed by atoms with van der Waals surface area (Å²) in [6.45, 7) is 2.00. The summed E-state index contributed by atoms with van der Waals surface area (Å²) >= 11 is 15.9. The summed E-state index contributed by atoms with van der Waals surface area (Å²) in [4.78, 5) is 10.6. The van der Waals surface area contributed by atoms with Crippen LogP contribution in [0.4, 0.5) is 0 Å². The highest BCUT2D eigenvalue weighted by Gasteiger charge is 2.14. The third kappa shape index (κ3) is 7.98. The van der Waals surface area contributed by atoms with E-state index in [-0.39, 0.29) is 0 Å². The summed E-state index contributed by atoms with van der Waals surface area (Å²) in [5.74, 6) is -0.515. The van der Waals surface area contributed by atoms with Crippen LogP contribution >= 0.6 is 34.8 Å². The van der Waals surface area contributed by atoms with Crippen LogP contribution in [-0.2, 0) is 9.53 Å². The largest absolute Gasteiger partial charge is 0.463 e. The molecule has 0 amide bonds. The van der Waals surface area contributed by atoms with Gasteiger partial charge in [0.1, 0.15) is 0 Å². The zero-order chi connectivity index (χ0) is 8.91. The quantitative estimate of drug-likeness (QED) is 0.403. The van der Waals surface area contributed by atoms with Gasteiger partial charge in [-0.25, -0.2) is 4.79 Å². The van der Waals surface area contributed by atoms with Gasteiger partial charge in [0.15, 0.2) is 0 Å². The maximum absolute atomic E-state index is 10.6. The maximum Gasteiger partial charge on any atom is 0.330 e. The van der Waals surface area contributed by atoms with Crippen molar-refractivity contribution in [1.29, 1.82) is 0 Å². The summed E-state index contributed by atoms with van der Waals surface area (Å²) in [7, 11) is 0. The lowest BCUT2D eigenvalue weighted by molar-refractivity contribution is -0.137. The minimum atomic E-state index is -1.53. The van der Waals surface area contributed by atoms with Gasteiger partial charge in [0.05, 0.1) is 6.61 Å². The first-order chi connectivity index (χ1) is 4.95. The molecule has 0 unspecified atom stereocenters. The van der Waals surface area contributed by atoms with Gasteiger partial charge < -0.3 is 4.74 Å². The smallest absolute Gasteiger partial charge is 0.330 e. The number of alkyl halides is 3. The Morgan fingerprint density at radius 1 is 1.55 bits per heavy atom. The van der Waals surface area contributed by atoms with Crippen LogP contribution < -0.4 is 0 Å². The van der Waals surface area contributed by atoms with Crippen molar-refractivity contribution >= 4 is 40.8 Å². The van der Waals surface area contributed by atoms with Crippen LogP contribution in [0.2, 0.25) is 0 Å². The Hall–Kier alpha value is 0.0800. The van der Waals surface area contributed by atoms with Crippen molar-refractivity contribution in [2.45, 2.75) is 10.7 Å². The summed E-state index contributed by atoms with van der Waals surface area (Å²) in [6.07, 6.45) is 2.21. The molecule has 0 fully saturated rings. The zero-order valence-electron chi connectivity index (χ0n) is 5.81. The SMILES string of the molecule is CCOC(=O)C=CC(Cl)(Cl)Cl. The number of hydrogen-bond donors (Lipinski definition) is 0. The monoisotopic (exact) mass is 216 g/mol. The fourth-order valence-electron chi connectivity index (χ4n) is 0.353. The van der Waals surface area contributed by atoms with Crippen LogP contribution in [0.25, 0.3) is 0 Å². The van der Waals surface area contributed by atoms with Crippen LogP contribution in [0.1, 0.15) is 6.92 Å². The second kappa shape index (κ2) is 4.86. The molecule has 0 spiro atoms. The highest BCUT2D eigenvalue weighted by Crippen LogP contribution is 2.27.